The number of hydrogen-bond donors (Lipinski definition) is 2. The smallest absolute Gasteiger partial charge is 0.319 e. The third-order valence-electron chi connectivity index (χ3n) is 4.19. The Bertz CT molecular complexity index is 684. The minimum atomic E-state index is -0.212. The molecule has 1 aliphatic heterocycles. The highest BCUT2D eigenvalue weighted by atomic mass is 35.5. The van der Waals surface area contributed by atoms with E-state index in [-0.39, 0.29) is 6.03 Å². The highest BCUT2D eigenvalue weighted by Crippen LogP contribution is 2.31. The average Bonchev–Trinajstić information content (AvgIpc) is 3.10. The Morgan fingerprint density at radius 2 is 1.83 bits per heavy atom. The van der Waals surface area contributed by atoms with Crippen LogP contribution in [0.1, 0.15) is 18.4 Å². The van der Waals surface area contributed by atoms with Crippen molar-refractivity contribution in [3.05, 3.63) is 59.1 Å². The summed E-state index contributed by atoms with van der Waals surface area (Å²) < 4.78 is 0. The van der Waals surface area contributed by atoms with Crippen molar-refractivity contribution in [2.24, 2.45) is 0 Å². The zero-order valence-electron chi connectivity index (χ0n) is 13.6. The molecule has 2 amide bonds. The van der Waals surface area contributed by atoms with Crippen molar-refractivity contribution < 1.29 is 4.79 Å². The molecule has 0 aromatic heterocycles. The highest BCUT2D eigenvalue weighted by Gasteiger charge is 2.15. The van der Waals surface area contributed by atoms with E-state index in [1.807, 2.05) is 36.4 Å². The minimum absolute atomic E-state index is 0.212. The molecule has 0 atom stereocenters. The molecule has 2 aromatic carbocycles. The number of urea groups is 1. The largest absolute Gasteiger partial charge is 0.370 e. The SMILES string of the molecule is O=C(NCCc1ccccc1)Nc1ccc(N2CCCC2)c(Cl)c1. The fourth-order valence-electron chi connectivity index (χ4n) is 2.94. The van der Waals surface area contributed by atoms with Gasteiger partial charge in [-0.05, 0) is 43.0 Å². The number of carbonyl (C=O) groups excluding carboxylic acids is 1. The molecular formula is C19H22ClN3O. The quantitative estimate of drug-likeness (QED) is 0.849. The second-order valence-electron chi connectivity index (χ2n) is 5.98. The van der Waals surface area contributed by atoms with Gasteiger partial charge >= 0.3 is 6.03 Å². The summed E-state index contributed by atoms with van der Waals surface area (Å²) in [4.78, 5) is 14.3. The monoisotopic (exact) mass is 343 g/mol. The molecule has 0 radical (unpaired) electrons. The third kappa shape index (κ3) is 4.42. The average molecular weight is 344 g/mol. The fraction of sp³-hybridized carbons (Fsp3) is 0.316. The molecule has 2 aromatic rings. The van der Waals surface area contributed by atoms with Gasteiger partial charge in [0.2, 0.25) is 0 Å². The molecule has 1 heterocycles. The lowest BCUT2D eigenvalue weighted by molar-refractivity contribution is 0.252. The highest BCUT2D eigenvalue weighted by molar-refractivity contribution is 6.33. The van der Waals surface area contributed by atoms with E-state index in [0.717, 1.165) is 25.2 Å². The van der Waals surface area contributed by atoms with Crippen LogP contribution in [0.4, 0.5) is 16.2 Å². The Kier molecular flexibility index (Phi) is 5.59. The second-order valence-corrected chi connectivity index (χ2v) is 6.38. The van der Waals surface area contributed by atoms with E-state index in [2.05, 4.69) is 27.7 Å². The van der Waals surface area contributed by atoms with Crippen LogP contribution in [0.3, 0.4) is 0 Å². The van der Waals surface area contributed by atoms with E-state index < -0.39 is 0 Å². The number of rotatable bonds is 5. The van der Waals surface area contributed by atoms with Gasteiger partial charge in [0, 0.05) is 25.3 Å². The molecule has 0 saturated carbocycles. The number of amides is 2. The molecule has 0 aliphatic carbocycles. The number of anilines is 2. The molecule has 3 rings (SSSR count). The third-order valence-corrected chi connectivity index (χ3v) is 4.50. The van der Waals surface area contributed by atoms with Crippen LogP contribution in [-0.4, -0.2) is 25.7 Å². The number of nitrogens with one attached hydrogen (secondary N) is 2. The summed E-state index contributed by atoms with van der Waals surface area (Å²) in [6.45, 7) is 2.69. The van der Waals surface area contributed by atoms with Gasteiger partial charge in [-0.2, -0.15) is 0 Å². The first-order valence-electron chi connectivity index (χ1n) is 8.35. The maximum absolute atomic E-state index is 12.0. The van der Waals surface area contributed by atoms with Gasteiger partial charge in [0.05, 0.1) is 10.7 Å². The Hall–Kier alpha value is -2.20. The molecule has 4 nitrogen and oxygen atoms in total. The van der Waals surface area contributed by atoms with Crippen LogP contribution in [0.5, 0.6) is 0 Å². The van der Waals surface area contributed by atoms with Gasteiger partial charge < -0.3 is 15.5 Å². The molecule has 126 valence electrons. The summed E-state index contributed by atoms with van der Waals surface area (Å²) in [5, 5.41) is 6.38. The number of hydrogen-bond acceptors (Lipinski definition) is 2. The Morgan fingerprint density at radius 3 is 2.54 bits per heavy atom. The van der Waals surface area contributed by atoms with Gasteiger partial charge in [-0.1, -0.05) is 41.9 Å². The van der Waals surface area contributed by atoms with Gasteiger partial charge in [-0.25, -0.2) is 4.79 Å². The second kappa shape index (κ2) is 8.06. The summed E-state index contributed by atoms with van der Waals surface area (Å²) in [5.41, 5.74) is 2.96. The summed E-state index contributed by atoms with van der Waals surface area (Å²) in [5.74, 6) is 0. The van der Waals surface area contributed by atoms with Gasteiger partial charge in [0.15, 0.2) is 0 Å². The number of halogens is 1. The van der Waals surface area contributed by atoms with Gasteiger partial charge in [0.1, 0.15) is 0 Å². The minimum Gasteiger partial charge on any atom is -0.370 e. The van der Waals surface area contributed by atoms with Crippen LogP contribution in [0.2, 0.25) is 5.02 Å². The molecular weight excluding hydrogens is 322 g/mol. The lowest BCUT2D eigenvalue weighted by Crippen LogP contribution is -2.30. The first kappa shape index (κ1) is 16.7. The molecule has 24 heavy (non-hydrogen) atoms. The number of benzene rings is 2. The van der Waals surface area contributed by atoms with E-state index in [0.29, 0.717) is 17.3 Å². The summed E-state index contributed by atoms with van der Waals surface area (Å²) in [7, 11) is 0. The van der Waals surface area contributed by atoms with Crippen molar-refractivity contribution in [3.8, 4) is 0 Å². The molecule has 0 bridgehead atoms. The van der Waals surface area contributed by atoms with Crippen molar-refractivity contribution in [1.82, 2.24) is 5.32 Å². The fourth-order valence-corrected chi connectivity index (χ4v) is 3.24. The van der Waals surface area contributed by atoms with Crippen LogP contribution in [0, 0.1) is 0 Å². The lowest BCUT2D eigenvalue weighted by atomic mass is 10.1. The molecule has 1 fully saturated rings. The molecule has 0 unspecified atom stereocenters. The van der Waals surface area contributed by atoms with E-state index in [9.17, 15) is 4.79 Å². The zero-order valence-corrected chi connectivity index (χ0v) is 14.4. The van der Waals surface area contributed by atoms with E-state index in [4.69, 9.17) is 11.6 Å². The van der Waals surface area contributed by atoms with Crippen LogP contribution in [0.25, 0.3) is 0 Å². The van der Waals surface area contributed by atoms with Gasteiger partial charge in [-0.3, -0.25) is 0 Å². The van der Waals surface area contributed by atoms with Gasteiger partial charge in [0.25, 0.3) is 0 Å². The van der Waals surface area contributed by atoms with Crippen LogP contribution in [-0.2, 0) is 6.42 Å². The van der Waals surface area contributed by atoms with Crippen LogP contribution >= 0.6 is 11.6 Å². The van der Waals surface area contributed by atoms with E-state index in [1.54, 1.807) is 0 Å². The van der Waals surface area contributed by atoms with Gasteiger partial charge in [-0.15, -0.1) is 0 Å². The lowest BCUT2D eigenvalue weighted by Gasteiger charge is -2.19. The summed E-state index contributed by atoms with van der Waals surface area (Å²) in [6, 6.07) is 15.6. The maximum atomic E-state index is 12.0. The van der Waals surface area contributed by atoms with Crippen molar-refractivity contribution in [1.29, 1.82) is 0 Å². The maximum Gasteiger partial charge on any atom is 0.319 e. The van der Waals surface area contributed by atoms with E-state index in [1.165, 1.54) is 18.4 Å². The molecule has 1 aliphatic rings. The van der Waals surface area contributed by atoms with Crippen LogP contribution < -0.4 is 15.5 Å². The predicted octanol–water partition coefficient (Wildman–Crippen LogP) is 4.30. The van der Waals surface area contributed by atoms with Crippen molar-refractivity contribution in [2.45, 2.75) is 19.3 Å². The molecule has 0 spiro atoms. The summed E-state index contributed by atoms with van der Waals surface area (Å²) >= 11 is 6.36. The molecule has 2 N–H and O–H groups in total. The zero-order chi connectivity index (χ0) is 16.8. The first-order valence-corrected chi connectivity index (χ1v) is 8.73. The molecule has 1 saturated heterocycles. The van der Waals surface area contributed by atoms with Crippen molar-refractivity contribution >= 4 is 29.0 Å². The summed E-state index contributed by atoms with van der Waals surface area (Å²) in [6.07, 6.45) is 3.23. The van der Waals surface area contributed by atoms with E-state index >= 15 is 0 Å². The van der Waals surface area contributed by atoms with Crippen LogP contribution in [0.15, 0.2) is 48.5 Å². The number of nitrogens with zero attached hydrogens (tertiary/aromatic N) is 1. The Balaban J connectivity index is 1.50. The Morgan fingerprint density at radius 1 is 1.08 bits per heavy atom. The standard InChI is InChI=1S/C19H22ClN3O/c20-17-14-16(8-9-18(17)23-12-4-5-13-23)22-19(24)21-11-10-15-6-2-1-3-7-15/h1-3,6-9,14H,4-5,10-13H2,(H2,21,22,24). The normalized spacial score (nSPS) is 13.8. The first-order chi connectivity index (χ1) is 11.7. The Labute approximate surface area is 147 Å². The number of carbonyl (C=O) groups is 1. The molecule has 5 heteroatoms. The van der Waals surface area contributed by atoms with Crippen molar-refractivity contribution in [2.75, 3.05) is 29.9 Å². The predicted molar refractivity (Wildman–Crippen MR) is 100 cm³/mol. The topological polar surface area (TPSA) is 44.4 Å². The van der Waals surface area contributed by atoms with Crippen molar-refractivity contribution in [3.63, 3.8) is 0 Å².